The molecule has 1 aliphatic rings. The molecule has 0 unspecified atom stereocenters. The predicted molar refractivity (Wildman–Crippen MR) is 128 cm³/mol. The van der Waals surface area contributed by atoms with Crippen LogP contribution in [0.2, 0.25) is 0 Å². The summed E-state index contributed by atoms with van der Waals surface area (Å²) < 4.78 is 0.935. The van der Waals surface area contributed by atoms with E-state index in [4.69, 9.17) is 0 Å². The Bertz CT molecular complexity index is 1190. The van der Waals surface area contributed by atoms with Gasteiger partial charge in [-0.05, 0) is 49.1 Å². The van der Waals surface area contributed by atoms with Crippen molar-refractivity contribution < 1.29 is 14.4 Å². The van der Waals surface area contributed by atoms with Gasteiger partial charge >= 0.3 is 0 Å². The van der Waals surface area contributed by atoms with E-state index < -0.39 is 6.04 Å². The highest BCUT2D eigenvalue weighted by Gasteiger charge is 2.34. The SMILES string of the molecule is CCNC(=O)[C@H](C)N(Cc1ccc(Br)cc1)C(=O)CN1C(=O)c2cccc3cccc1c23. The van der Waals surface area contributed by atoms with E-state index in [1.165, 1.54) is 9.80 Å². The summed E-state index contributed by atoms with van der Waals surface area (Å²) >= 11 is 3.42. The molecule has 0 aromatic heterocycles. The number of benzene rings is 3. The molecule has 1 aliphatic heterocycles. The van der Waals surface area contributed by atoms with E-state index in [2.05, 4.69) is 21.2 Å². The van der Waals surface area contributed by atoms with Crippen molar-refractivity contribution in [3.8, 4) is 0 Å². The maximum atomic E-state index is 13.5. The van der Waals surface area contributed by atoms with Crippen molar-refractivity contribution in [3.63, 3.8) is 0 Å². The van der Waals surface area contributed by atoms with Crippen molar-refractivity contribution in [3.05, 3.63) is 76.3 Å². The summed E-state index contributed by atoms with van der Waals surface area (Å²) in [5.41, 5.74) is 2.23. The van der Waals surface area contributed by atoms with Gasteiger partial charge in [-0.3, -0.25) is 19.3 Å². The highest BCUT2D eigenvalue weighted by Crippen LogP contribution is 2.37. The van der Waals surface area contributed by atoms with E-state index in [0.717, 1.165) is 26.5 Å². The first-order valence-electron chi connectivity index (χ1n) is 10.6. The second-order valence-electron chi connectivity index (χ2n) is 7.79. The Morgan fingerprint density at radius 3 is 2.44 bits per heavy atom. The maximum Gasteiger partial charge on any atom is 0.259 e. The molecular formula is C25H24BrN3O3. The first-order valence-corrected chi connectivity index (χ1v) is 11.3. The summed E-state index contributed by atoms with van der Waals surface area (Å²) in [6.45, 7) is 4.16. The van der Waals surface area contributed by atoms with Gasteiger partial charge in [0, 0.05) is 28.5 Å². The molecule has 6 nitrogen and oxygen atoms in total. The quantitative estimate of drug-likeness (QED) is 0.538. The molecule has 0 saturated heterocycles. The van der Waals surface area contributed by atoms with Crippen molar-refractivity contribution >= 4 is 50.1 Å². The lowest BCUT2D eigenvalue weighted by Crippen LogP contribution is -2.50. The van der Waals surface area contributed by atoms with E-state index in [-0.39, 0.29) is 30.8 Å². The zero-order valence-electron chi connectivity index (χ0n) is 18.0. The molecule has 0 spiro atoms. The molecule has 3 aromatic carbocycles. The van der Waals surface area contributed by atoms with Crippen LogP contribution in [0.5, 0.6) is 0 Å². The molecule has 0 bridgehead atoms. The van der Waals surface area contributed by atoms with Gasteiger partial charge in [0.1, 0.15) is 12.6 Å². The number of rotatable bonds is 7. The number of carbonyl (C=O) groups excluding carboxylic acids is 3. The highest BCUT2D eigenvalue weighted by molar-refractivity contribution is 9.10. The molecule has 32 heavy (non-hydrogen) atoms. The van der Waals surface area contributed by atoms with Crippen LogP contribution in [-0.2, 0) is 16.1 Å². The molecule has 0 saturated carbocycles. The fourth-order valence-electron chi connectivity index (χ4n) is 4.05. The molecule has 164 valence electrons. The largest absolute Gasteiger partial charge is 0.355 e. The number of hydrogen-bond acceptors (Lipinski definition) is 3. The molecule has 0 aliphatic carbocycles. The fraction of sp³-hybridized carbons (Fsp3) is 0.240. The van der Waals surface area contributed by atoms with Gasteiger partial charge < -0.3 is 10.2 Å². The van der Waals surface area contributed by atoms with Crippen molar-refractivity contribution in [2.45, 2.75) is 26.4 Å². The summed E-state index contributed by atoms with van der Waals surface area (Å²) in [5, 5.41) is 4.62. The first-order chi connectivity index (χ1) is 15.4. The Kier molecular flexibility index (Phi) is 6.28. The maximum absolute atomic E-state index is 13.5. The number of nitrogens with zero attached hydrogens (tertiary/aromatic N) is 2. The van der Waals surface area contributed by atoms with E-state index in [1.54, 1.807) is 13.0 Å². The molecule has 4 rings (SSSR count). The van der Waals surface area contributed by atoms with Crippen LogP contribution in [0.4, 0.5) is 5.69 Å². The van der Waals surface area contributed by atoms with Crippen LogP contribution in [0.1, 0.15) is 29.8 Å². The molecule has 0 fully saturated rings. The molecule has 1 N–H and O–H groups in total. The molecule has 3 amide bonds. The Labute approximate surface area is 195 Å². The van der Waals surface area contributed by atoms with Gasteiger partial charge in [-0.25, -0.2) is 0 Å². The van der Waals surface area contributed by atoms with Gasteiger partial charge in [-0.15, -0.1) is 0 Å². The number of anilines is 1. The van der Waals surface area contributed by atoms with Crippen LogP contribution >= 0.6 is 15.9 Å². The van der Waals surface area contributed by atoms with E-state index >= 15 is 0 Å². The van der Waals surface area contributed by atoms with Gasteiger partial charge in [0.2, 0.25) is 11.8 Å². The van der Waals surface area contributed by atoms with Crippen LogP contribution in [-0.4, -0.2) is 41.8 Å². The second-order valence-corrected chi connectivity index (χ2v) is 8.71. The van der Waals surface area contributed by atoms with Crippen molar-refractivity contribution in [1.82, 2.24) is 10.2 Å². The Hall–Kier alpha value is -3.19. The molecular weight excluding hydrogens is 470 g/mol. The minimum Gasteiger partial charge on any atom is -0.355 e. The zero-order valence-corrected chi connectivity index (χ0v) is 19.6. The minimum absolute atomic E-state index is 0.132. The summed E-state index contributed by atoms with van der Waals surface area (Å²) in [7, 11) is 0. The third-order valence-corrected chi connectivity index (χ3v) is 6.26. The summed E-state index contributed by atoms with van der Waals surface area (Å²) in [4.78, 5) is 42.2. The monoisotopic (exact) mass is 493 g/mol. The number of halogens is 1. The standard InChI is InChI=1S/C25H24BrN3O3/c1-3-27-24(31)16(2)28(14-17-10-12-19(26)13-11-17)22(30)15-29-21-9-5-7-18-6-4-8-20(23(18)21)25(29)32/h4-13,16H,3,14-15H2,1-2H3,(H,27,31)/t16-/m0/s1. The van der Waals surface area contributed by atoms with Gasteiger partial charge in [0.15, 0.2) is 0 Å². The van der Waals surface area contributed by atoms with E-state index in [1.807, 2.05) is 61.5 Å². The summed E-state index contributed by atoms with van der Waals surface area (Å²) in [6, 6.07) is 18.2. The van der Waals surface area contributed by atoms with Gasteiger partial charge in [0.05, 0.1) is 5.69 Å². The summed E-state index contributed by atoms with van der Waals surface area (Å²) in [6.07, 6.45) is 0. The van der Waals surface area contributed by atoms with Crippen LogP contribution < -0.4 is 10.2 Å². The predicted octanol–water partition coefficient (Wildman–Crippen LogP) is 4.12. The van der Waals surface area contributed by atoms with E-state index in [9.17, 15) is 14.4 Å². The Morgan fingerprint density at radius 2 is 1.75 bits per heavy atom. The number of nitrogens with one attached hydrogen (secondary N) is 1. The van der Waals surface area contributed by atoms with Crippen LogP contribution in [0.15, 0.2) is 65.1 Å². The third kappa shape index (κ3) is 4.12. The van der Waals surface area contributed by atoms with E-state index in [0.29, 0.717) is 12.1 Å². The zero-order chi connectivity index (χ0) is 22.8. The van der Waals surface area contributed by atoms with Crippen LogP contribution in [0.25, 0.3) is 10.8 Å². The molecule has 0 radical (unpaired) electrons. The average Bonchev–Trinajstić information content (AvgIpc) is 3.06. The smallest absolute Gasteiger partial charge is 0.259 e. The van der Waals surface area contributed by atoms with Crippen molar-refractivity contribution in [2.75, 3.05) is 18.0 Å². The van der Waals surface area contributed by atoms with Gasteiger partial charge in [-0.1, -0.05) is 52.3 Å². The normalized spacial score (nSPS) is 13.3. The number of hydrogen-bond donors (Lipinski definition) is 1. The topological polar surface area (TPSA) is 69.7 Å². The lowest BCUT2D eigenvalue weighted by atomic mass is 10.1. The highest BCUT2D eigenvalue weighted by atomic mass is 79.9. The molecule has 1 heterocycles. The summed E-state index contributed by atoms with van der Waals surface area (Å²) in [5.74, 6) is -0.708. The van der Waals surface area contributed by atoms with Gasteiger partial charge in [0.25, 0.3) is 5.91 Å². The van der Waals surface area contributed by atoms with Crippen LogP contribution in [0, 0.1) is 0 Å². The number of amides is 3. The number of carbonyl (C=O) groups is 3. The Balaban J connectivity index is 1.62. The van der Waals surface area contributed by atoms with Crippen molar-refractivity contribution in [2.24, 2.45) is 0 Å². The molecule has 1 atom stereocenters. The van der Waals surface area contributed by atoms with Crippen molar-refractivity contribution in [1.29, 1.82) is 0 Å². The number of likely N-dealkylation sites (N-methyl/N-ethyl adjacent to an activating group) is 1. The van der Waals surface area contributed by atoms with Crippen LogP contribution in [0.3, 0.4) is 0 Å². The second kappa shape index (κ2) is 9.12. The van der Waals surface area contributed by atoms with Gasteiger partial charge in [-0.2, -0.15) is 0 Å². The molecule has 3 aromatic rings. The average molecular weight is 494 g/mol. The first kappa shape index (κ1) is 22.0. The third-order valence-electron chi connectivity index (χ3n) is 5.73. The Morgan fingerprint density at radius 1 is 1.06 bits per heavy atom. The minimum atomic E-state index is -0.679. The lowest BCUT2D eigenvalue weighted by Gasteiger charge is -2.30. The lowest BCUT2D eigenvalue weighted by molar-refractivity contribution is -0.139. The molecule has 7 heteroatoms. The fourth-order valence-corrected chi connectivity index (χ4v) is 4.32.